The molecule has 0 saturated carbocycles. The molecule has 1 atom stereocenters. The number of aromatic nitrogens is 4. The Morgan fingerprint density at radius 3 is 2.86 bits per heavy atom. The highest BCUT2D eigenvalue weighted by molar-refractivity contribution is 6.32. The van der Waals surface area contributed by atoms with Gasteiger partial charge in [-0.2, -0.15) is 10.2 Å². The molecule has 3 rings (SSSR count). The number of amides is 1. The van der Waals surface area contributed by atoms with E-state index in [-0.39, 0.29) is 17.4 Å². The number of hydrogen-bond donors (Lipinski definition) is 2. The van der Waals surface area contributed by atoms with Crippen LogP contribution in [0.15, 0.2) is 42.9 Å². The Labute approximate surface area is 163 Å². The number of anilines is 1. The summed E-state index contributed by atoms with van der Waals surface area (Å²) < 4.78 is 21.2. The Bertz CT molecular complexity index is 1020. The first-order valence-electron chi connectivity index (χ1n) is 8.03. The number of carbonyl (C=O) groups is 2. The van der Waals surface area contributed by atoms with Crippen molar-refractivity contribution in [3.8, 4) is 5.75 Å². The molecule has 1 aromatic carbocycles. The van der Waals surface area contributed by atoms with E-state index in [1.165, 1.54) is 46.2 Å². The average Bonchev–Trinajstić information content (AvgIpc) is 3.30. The zero-order valence-electron chi connectivity index (χ0n) is 14.5. The third-order valence-corrected chi connectivity index (χ3v) is 4.05. The second kappa shape index (κ2) is 8.09. The van der Waals surface area contributed by atoms with E-state index in [1.54, 1.807) is 6.92 Å². The lowest BCUT2D eigenvalue weighted by Crippen LogP contribution is -2.24. The first-order chi connectivity index (χ1) is 13.3. The van der Waals surface area contributed by atoms with E-state index in [0.717, 1.165) is 6.07 Å². The summed E-state index contributed by atoms with van der Waals surface area (Å²) in [5.74, 6) is -1.75. The van der Waals surface area contributed by atoms with Crippen molar-refractivity contribution in [1.29, 1.82) is 0 Å². The highest BCUT2D eigenvalue weighted by Crippen LogP contribution is 2.25. The number of benzene rings is 1. The van der Waals surface area contributed by atoms with Gasteiger partial charge in [0.25, 0.3) is 0 Å². The molecular formula is C17H15ClFN5O4. The molecule has 1 amide bonds. The van der Waals surface area contributed by atoms with E-state index >= 15 is 0 Å². The number of aromatic carboxylic acids is 1. The van der Waals surface area contributed by atoms with Gasteiger partial charge in [0.1, 0.15) is 17.6 Å². The maximum atomic E-state index is 13.0. The van der Waals surface area contributed by atoms with Gasteiger partial charge in [-0.3, -0.25) is 9.48 Å². The molecule has 0 aliphatic heterocycles. The molecular weight excluding hydrogens is 393 g/mol. The summed E-state index contributed by atoms with van der Waals surface area (Å²) in [6.07, 6.45) is 4.37. The molecule has 11 heteroatoms. The lowest BCUT2D eigenvalue weighted by molar-refractivity contribution is -0.119. The lowest BCUT2D eigenvalue weighted by atomic mass is 10.3. The molecule has 0 spiro atoms. The largest absolute Gasteiger partial charge is 0.476 e. The van der Waals surface area contributed by atoms with E-state index in [1.807, 2.05) is 0 Å². The van der Waals surface area contributed by atoms with Crippen molar-refractivity contribution in [2.75, 3.05) is 5.32 Å². The normalized spacial score (nSPS) is 11.8. The minimum absolute atomic E-state index is 0.00208. The number of nitrogens with one attached hydrogen (secondary N) is 1. The smallest absolute Gasteiger partial charge is 0.356 e. The van der Waals surface area contributed by atoms with Gasteiger partial charge in [0.15, 0.2) is 12.4 Å². The fraction of sp³-hybridized carbons (Fsp3) is 0.176. The fourth-order valence-corrected chi connectivity index (χ4v) is 2.48. The minimum atomic E-state index is -1.17. The van der Waals surface area contributed by atoms with Crippen LogP contribution in [0, 0.1) is 5.82 Å². The summed E-state index contributed by atoms with van der Waals surface area (Å²) >= 11 is 5.89. The maximum absolute atomic E-state index is 13.0. The monoisotopic (exact) mass is 407 g/mol. The van der Waals surface area contributed by atoms with Gasteiger partial charge < -0.3 is 15.2 Å². The first kappa shape index (κ1) is 19.4. The Kier molecular flexibility index (Phi) is 5.59. The van der Waals surface area contributed by atoms with Gasteiger partial charge in [0, 0.05) is 6.20 Å². The van der Waals surface area contributed by atoms with Gasteiger partial charge >= 0.3 is 5.97 Å². The van der Waals surface area contributed by atoms with Crippen LogP contribution in [0.3, 0.4) is 0 Å². The van der Waals surface area contributed by atoms with Crippen LogP contribution in [0.2, 0.25) is 5.02 Å². The van der Waals surface area contributed by atoms with Gasteiger partial charge in [0.05, 0.1) is 23.1 Å². The second-order valence-corrected chi connectivity index (χ2v) is 6.18. The molecule has 0 aliphatic carbocycles. The number of carbonyl (C=O) groups excluding carboxylic acids is 1. The topological polar surface area (TPSA) is 111 Å². The van der Waals surface area contributed by atoms with Crippen LogP contribution in [0.1, 0.15) is 23.5 Å². The molecule has 146 valence electrons. The molecule has 0 fully saturated rings. The predicted molar refractivity (Wildman–Crippen MR) is 96.8 cm³/mol. The van der Waals surface area contributed by atoms with Crippen molar-refractivity contribution < 1.29 is 23.8 Å². The Balaban J connectivity index is 1.58. The molecule has 0 radical (unpaired) electrons. The summed E-state index contributed by atoms with van der Waals surface area (Å²) in [7, 11) is 0. The van der Waals surface area contributed by atoms with Crippen molar-refractivity contribution in [1.82, 2.24) is 19.6 Å². The highest BCUT2D eigenvalue weighted by atomic mass is 35.5. The van der Waals surface area contributed by atoms with Crippen molar-refractivity contribution in [3.63, 3.8) is 0 Å². The van der Waals surface area contributed by atoms with Crippen molar-refractivity contribution in [2.24, 2.45) is 0 Å². The van der Waals surface area contributed by atoms with Crippen LogP contribution in [0.4, 0.5) is 10.1 Å². The van der Waals surface area contributed by atoms with Crippen molar-refractivity contribution >= 4 is 29.2 Å². The zero-order valence-corrected chi connectivity index (χ0v) is 15.3. The third-order valence-electron chi connectivity index (χ3n) is 3.75. The molecule has 3 aromatic rings. The molecule has 28 heavy (non-hydrogen) atoms. The lowest BCUT2D eigenvalue weighted by Gasteiger charge is -2.11. The van der Waals surface area contributed by atoms with Crippen molar-refractivity contribution in [3.05, 3.63) is 59.4 Å². The van der Waals surface area contributed by atoms with E-state index in [9.17, 15) is 14.0 Å². The third kappa shape index (κ3) is 4.46. The highest BCUT2D eigenvalue weighted by Gasteiger charge is 2.18. The number of ether oxygens (including phenoxy) is 1. The van der Waals surface area contributed by atoms with Gasteiger partial charge in [-0.05, 0) is 31.2 Å². The number of halogens is 2. The van der Waals surface area contributed by atoms with Crippen molar-refractivity contribution in [2.45, 2.75) is 19.7 Å². The Hall–Kier alpha value is -3.40. The summed E-state index contributed by atoms with van der Waals surface area (Å²) in [6, 6.07) is 4.34. The summed E-state index contributed by atoms with van der Waals surface area (Å²) in [4.78, 5) is 23.2. The predicted octanol–water partition coefficient (Wildman–Crippen LogP) is 2.81. The van der Waals surface area contributed by atoms with Gasteiger partial charge in [-0.15, -0.1) is 0 Å². The SMILES string of the molecule is CC(C(=O)Nc1cnn(COc2ccc(F)cc2Cl)c1)n1ccc(C(=O)O)n1. The van der Waals surface area contributed by atoms with Crippen LogP contribution >= 0.6 is 11.6 Å². The molecule has 9 nitrogen and oxygen atoms in total. The number of nitrogens with zero attached hydrogens (tertiary/aromatic N) is 4. The van der Waals surface area contributed by atoms with E-state index in [4.69, 9.17) is 21.4 Å². The van der Waals surface area contributed by atoms with E-state index in [0.29, 0.717) is 11.4 Å². The van der Waals surface area contributed by atoms with Crippen LogP contribution in [0.25, 0.3) is 0 Å². The first-order valence-corrected chi connectivity index (χ1v) is 8.41. The molecule has 2 aromatic heterocycles. The molecule has 1 unspecified atom stereocenters. The minimum Gasteiger partial charge on any atom is -0.476 e. The average molecular weight is 408 g/mol. The number of rotatable bonds is 7. The molecule has 0 bridgehead atoms. The Morgan fingerprint density at radius 1 is 1.39 bits per heavy atom. The van der Waals surface area contributed by atoms with Crippen LogP contribution < -0.4 is 10.1 Å². The standard InChI is InChI=1S/C17H15ClFN5O4/c1-10(24-5-4-14(22-24)17(26)27)16(25)21-12-7-20-23(8-12)9-28-15-3-2-11(19)6-13(15)18/h2-8,10H,9H2,1H3,(H,21,25)(H,26,27). The van der Waals surface area contributed by atoms with Crippen LogP contribution in [-0.4, -0.2) is 36.5 Å². The fourth-order valence-electron chi connectivity index (χ4n) is 2.26. The van der Waals surface area contributed by atoms with E-state index in [2.05, 4.69) is 15.5 Å². The summed E-state index contributed by atoms with van der Waals surface area (Å²) in [6.45, 7) is 1.58. The molecule has 2 N–H and O–H groups in total. The van der Waals surface area contributed by atoms with Gasteiger partial charge in [-0.1, -0.05) is 11.6 Å². The Morgan fingerprint density at radius 2 is 2.18 bits per heavy atom. The van der Waals surface area contributed by atoms with Gasteiger partial charge in [0.2, 0.25) is 5.91 Å². The van der Waals surface area contributed by atoms with Crippen LogP contribution in [0.5, 0.6) is 5.75 Å². The second-order valence-electron chi connectivity index (χ2n) is 5.77. The number of carboxylic acid groups (broad SMARTS) is 1. The quantitative estimate of drug-likeness (QED) is 0.623. The van der Waals surface area contributed by atoms with Crippen LogP contribution in [-0.2, 0) is 11.5 Å². The summed E-state index contributed by atoms with van der Waals surface area (Å²) in [5.41, 5.74) is 0.264. The zero-order chi connectivity index (χ0) is 20.3. The number of carboxylic acids is 1. The molecule has 0 aliphatic rings. The molecule has 2 heterocycles. The van der Waals surface area contributed by atoms with E-state index < -0.39 is 23.7 Å². The number of hydrogen-bond acceptors (Lipinski definition) is 5. The maximum Gasteiger partial charge on any atom is 0.356 e. The molecule has 0 saturated heterocycles. The van der Waals surface area contributed by atoms with Gasteiger partial charge in [-0.25, -0.2) is 13.9 Å². The summed E-state index contributed by atoms with van der Waals surface area (Å²) in [5, 5.41) is 19.6.